The SMILES string of the molecule is CCOC(=O)[C@H](CC(C)C)NC(=O)c1cc([N+](=O)[O-])c(C)c2c1Nc1c(c(C)c3oc(=O)c(C)nc3c1C(=O)N[C@@H](CC(C)C)C(=O)OCC)O2. The lowest BCUT2D eigenvalue weighted by Gasteiger charge is -2.29. The fourth-order valence-corrected chi connectivity index (χ4v) is 5.81. The Morgan fingerprint density at radius 1 is 0.882 bits per heavy atom. The third-order valence-electron chi connectivity index (χ3n) is 8.17. The minimum absolute atomic E-state index is 0.00988. The van der Waals surface area contributed by atoms with Crippen molar-refractivity contribution in [2.45, 2.75) is 87.2 Å². The first-order valence-corrected chi connectivity index (χ1v) is 16.7. The molecule has 3 aromatic rings. The number of nitro benzene ring substituents is 1. The number of hydrogen-bond donors (Lipinski definition) is 3. The molecule has 274 valence electrons. The summed E-state index contributed by atoms with van der Waals surface area (Å²) in [4.78, 5) is 82.5. The molecule has 51 heavy (non-hydrogen) atoms. The molecular weight excluding hydrogens is 666 g/mol. The lowest BCUT2D eigenvalue weighted by Crippen LogP contribution is -2.43. The Balaban J connectivity index is 1.97. The Morgan fingerprint density at radius 3 is 1.92 bits per heavy atom. The molecule has 16 nitrogen and oxygen atoms in total. The minimum atomic E-state index is -1.08. The molecule has 0 unspecified atom stereocenters. The van der Waals surface area contributed by atoms with Crippen LogP contribution >= 0.6 is 0 Å². The summed E-state index contributed by atoms with van der Waals surface area (Å²) < 4.78 is 22.3. The highest BCUT2D eigenvalue weighted by Gasteiger charge is 2.37. The molecule has 3 N–H and O–H groups in total. The monoisotopic (exact) mass is 709 g/mol. The molecule has 0 saturated heterocycles. The molecule has 0 spiro atoms. The van der Waals surface area contributed by atoms with E-state index in [1.807, 2.05) is 27.7 Å². The molecule has 0 radical (unpaired) electrons. The summed E-state index contributed by atoms with van der Waals surface area (Å²) in [7, 11) is 0. The number of aromatic nitrogens is 1. The van der Waals surface area contributed by atoms with Crippen molar-refractivity contribution >= 4 is 51.9 Å². The van der Waals surface area contributed by atoms with E-state index in [4.69, 9.17) is 18.6 Å². The van der Waals surface area contributed by atoms with Gasteiger partial charge in [0.1, 0.15) is 23.3 Å². The smallest absolute Gasteiger partial charge is 0.357 e. The number of rotatable bonds is 13. The quantitative estimate of drug-likeness (QED) is 0.0915. The summed E-state index contributed by atoms with van der Waals surface area (Å²) in [6.07, 6.45) is 0.452. The predicted molar refractivity (Wildman–Crippen MR) is 186 cm³/mol. The van der Waals surface area contributed by atoms with Crippen molar-refractivity contribution in [1.29, 1.82) is 0 Å². The van der Waals surface area contributed by atoms with Gasteiger partial charge in [-0.15, -0.1) is 0 Å². The highest BCUT2D eigenvalue weighted by atomic mass is 16.6. The Morgan fingerprint density at radius 2 is 1.41 bits per heavy atom. The number of carbonyl (C=O) groups excluding carboxylic acids is 4. The summed E-state index contributed by atoms with van der Waals surface area (Å²) in [5, 5.41) is 20.7. The summed E-state index contributed by atoms with van der Waals surface area (Å²) in [6.45, 7) is 15.2. The van der Waals surface area contributed by atoms with Crippen LogP contribution in [-0.2, 0) is 19.1 Å². The van der Waals surface area contributed by atoms with E-state index < -0.39 is 52.1 Å². The Labute approximate surface area is 293 Å². The van der Waals surface area contributed by atoms with E-state index in [9.17, 15) is 34.1 Å². The molecule has 0 aliphatic carbocycles. The molecule has 2 aromatic carbocycles. The van der Waals surface area contributed by atoms with Crippen molar-refractivity contribution in [2.24, 2.45) is 11.8 Å². The maximum absolute atomic E-state index is 14.3. The largest absolute Gasteiger partial charge is 0.464 e. The molecule has 16 heteroatoms. The maximum Gasteiger partial charge on any atom is 0.357 e. The van der Waals surface area contributed by atoms with Gasteiger partial charge in [-0.05, 0) is 59.3 Å². The normalized spacial score (nSPS) is 13.0. The first-order valence-electron chi connectivity index (χ1n) is 16.7. The van der Waals surface area contributed by atoms with E-state index in [0.29, 0.717) is 0 Å². The van der Waals surface area contributed by atoms with Gasteiger partial charge in [0.25, 0.3) is 17.5 Å². The zero-order valence-electron chi connectivity index (χ0n) is 30.1. The molecule has 2 heterocycles. The Hall–Kier alpha value is -5.54. The average Bonchev–Trinajstić information content (AvgIpc) is 3.04. The van der Waals surface area contributed by atoms with Crippen LogP contribution in [-0.4, -0.2) is 59.0 Å². The van der Waals surface area contributed by atoms with Crippen LogP contribution in [0.1, 0.15) is 91.9 Å². The molecule has 2 amide bonds. The lowest BCUT2D eigenvalue weighted by atomic mass is 9.97. The second-order valence-corrected chi connectivity index (χ2v) is 13.0. The van der Waals surface area contributed by atoms with Crippen LogP contribution in [0.3, 0.4) is 0 Å². The van der Waals surface area contributed by atoms with Crippen LogP contribution in [0.4, 0.5) is 17.1 Å². The van der Waals surface area contributed by atoms with Gasteiger partial charge in [0, 0.05) is 11.6 Å². The number of benzene rings is 2. The molecule has 2 atom stereocenters. The lowest BCUT2D eigenvalue weighted by molar-refractivity contribution is -0.385. The number of esters is 2. The van der Waals surface area contributed by atoms with Crippen LogP contribution in [0.2, 0.25) is 0 Å². The predicted octanol–water partition coefficient (Wildman–Crippen LogP) is 5.29. The Kier molecular flexibility index (Phi) is 11.7. The van der Waals surface area contributed by atoms with Gasteiger partial charge in [0.2, 0.25) is 0 Å². The van der Waals surface area contributed by atoms with Gasteiger partial charge in [-0.3, -0.25) is 19.7 Å². The number of anilines is 2. The number of nitrogens with one attached hydrogen (secondary N) is 3. The van der Waals surface area contributed by atoms with E-state index in [0.717, 1.165) is 6.07 Å². The van der Waals surface area contributed by atoms with Crippen molar-refractivity contribution < 1.29 is 42.7 Å². The molecule has 1 aromatic heterocycles. The summed E-state index contributed by atoms with van der Waals surface area (Å²) >= 11 is 0. The van der Waals surface area contributed by atoms with Gasteiger partial charge < -0.3 is 34.6 Å². The van der Waals surface area contributed by atoms with Gasteiger partial charge in [-0.2, -0.15) is 0 Å². The number of nitrogens with zero attached hydrogens (tertiary/aromatic N) is 2. The van der Waals surface area contributed by atoms with Gasteiger partial charge in [0.05, 0.1) is 46.2 Å². The number of nitro groups is 1. The van der Waals surface area contributed by atoms with Crippen LogP contribution in [0.5, 0.6) is 11.5 Å². The van der Waals surface area contributed by atoms with Gasteiger partial charge in [-0.1, -0.05) is 27.7 Å². The van der Waals surface area contributed by atoms with Crippen LogP contribution in [0.15, 0.2) is 15.3 Å². The molecule has 4 rings (SSSR count). The third kappa shape index (κ3) is 7.94. The Bertz CT molecular complexity index is 1970. The third-order valence-corrected chi connectivity index (χ3v) is 8.17. The standard InChI is InChI=1S/C35H43N5O11/c1-10-48-34(44)21(12-15(3)4)37-31(41)20-14-23(40(46)47)17(7)28-25(20)39-27-24(32(42)38-22(13-16(5)6)35(45)49-11-2)26-30(18(8)29(27)50-28)51-33(43)19(9)36-26/h14-16,21-22,39H,10-13H2,1-9H3,(H,37,41)(H,38,42)/t21-,22-/m0/s1. The van der Waals surface area contributed by atoms with Crippen molar-refractivity contribution in [3.8, 4) is 11.5 Å². The van der Waals surface area contributed by atoms with Crippen molar-refractivity contribution in [2.75, 3.05) is 18.5 Å². The number of aryl methyl sites for hydroxylation is 2. The molecule has 1 aliphatic rings. The van der Waals surface area contributed by atoms with E-state index in [1.165, 1.54) is 13.8 Å². The number of hydrogen-bond acceptors (Lipinski definition) is 13. The van der Waals surface area contributed by atoms with Crippen molar-refractivity contribution in [1.82, 2.24) is 15.6 Å². The zero-order valence-corrected chi connectivity index (χ0v) is 30.1. The highest BCUT2D eigenvalue weighted by Crippen LogP contribution is 2.52. The molecule has 0 fully saturated rings. The minimum Gasteiger partial charge on any atom is -0.464 e. The second-order valence-electron chi connectivity index (χ2n) is 13.0. The summed E-state index contributed by atoms with van der Waals surface area (Å²) in [5.41, 5.74) is -1.65. The van der Waals surface area contributed by atoms with Crippen LogP contribution in [0.25, 0.3) is 11.1 Å². The number of carbonyl (C=O) groups is 4. The fraction of sp³-hybridized carbons (Fsp3) is 0.486. The van der Waals surface area contributed by atoms with Gasteiger partial charge in [-0.25, -0.2) is 19.4 Å². The van der Waals surface area contributed by atoms with Gasteiger partial charge in [0.15, 0.2) is 17.1 Å². The first-order chi connectivity index (χ1) is 24.0. The van der Waals surface area contributed by atoms with E-state index in [-0.39, 0.29) is 99.8 Å². The van der Waals surface area contributed by atoms with E-state index in [1.54, 1.807) is 20.8 Å². The first kappa shape index (κ1) is 38.3. The number of fused-ring (bicyclic) bond motifs is 3. The summed E-state index contributed by atoms with van der Waals surface area (Å²) in [5.74, 6) is -3.19. The highest BCUT2D eigenvalue weighted by molar-refractivity contribution is 6.15. The molecule has 1 aliphatic heterocycles. The molecule has 0 bridgehead atoms. The summed E-state index contributed by atoms with van der Waals surface area (Å²) in [6, 6.07) is -1.09. The van der Waals surface area contributed by atoms with Crippen molar-refractivity contribution in [3.05, 3.63) is 54.5 Å². The molecule has 0 saturated carbocycles. The van der Waals surface area contributed by atoms with Crippen LogP contribution in [0, 0.1) is 42.7 Å². The number of amides is 2. The number of ether oxygens (including phenoxy) is 3. The zero-order chi connectivity index (χ0) is 37.9. The van der Waals surface area contributed by atoms with E-state index >= 15 is 0 Å². The average molecular weight is 710 g/mol. The maximum atomic E-state index is 14.3. The fourth-order valence-electron chi connectivity index (χ4n) is 5.81. The van der Waals surface area contributed by atoms with Crippen molar-refractivity contribution in [3.63, 3.8) is 0 Å². The van der Waals surface area contributed by atoms with E-state index in [2.05, 4.69) is 20.9 Å². The van der Waals surface area contributed by atoms with Crippen LogP contribution < -0.4 is 26.3 Å². The topological polar surface area (TPSA) is 218 Å². The second kappa shape index (κ2) is 15.6. The molecular formula is C35H43N5O11. The van der Waals surface area contributed by atoms with Gasteiger partial charge >= 0.3 is 17.6 Å².